The van der Waals surface area contributed by atoms with Gasteiger partial charge in [-0.3, -0.25) is 9.59 Å². The third kappa shape index (κ3) is 7.08. The number of carbonyl (C=O) groups is 2. The van der Waals surface area contributed by atoms with Crippen LogP contribution in [0.4, 0.5) is 17.6 Å². The van der Waals surface area contributed by atoms with Crippen molar-refractivity contribution in [2.24, 2.45) is 0 Å². The van der Waals surface area contributed by atoms with E-state index < -0.39 is 43.7 Å². The van der Waals surface area contributed by atoms with Crippen molar-refractivity contribution in [3.8, 4) is 11.3 Å². The number of pyridine rings is 1. The largest absolute Gasteiger partial charge is 0.416 e. The van der Waals surface area contributed by atoms with Crippen molar-refractivity contribution < 1.29 is 31.6 Å². The van der Waals surface area contributed by atoms with Gasteiger partial charge in [-0.2, -0.15) is 17.6 Å². The first kappa shape index (κ1) is 30.4. The van der Waals surface area contributed by atoms with Crippen LogP contribution >= 0.6 is 0 Å². The summed E-state index contributed by atoms with van der Waals surface area (Å²) in [6.07, 6.45) is -5.53. The Hall–Kier alpha value is -3.17. The van der Waals surface area contributed by atoms with E-state index in [0.29, 0.717) is 11.1 Å². The molecule has 0 fully saturated rings. The molecule has 0 amide bonds. The van der Waals surface area contributed by atoms with Crippen molar-refractivity contribution in [1.29, 1.82) is 0 Å². The average Bonchev–Trinajstić information content (AvgIpc) is 2.83. The van der Waals surface area contributed by atoms with Crippen LogP contribution in [0.25, 0.3) is 11.3 Å². The number of nitrogens with zero attached hydrogens (tertiary/aromatic N) is 1. The summed E-state index contributed by atoms with van der Waals surface area (Å²) in [5.41, 5.74) is 1.01. The normalized spacial score (nSPS) is 13.3. The fourth-order valence-corrected chi connectivity index (χ4v) is 5.22. The molecule has 0 N–H and O–H groups in total. The van der Waals surface area contributed by atoms with E-state index in [9.17, 15) is 22.8 Å². The van der Waals surface area contributed by atoms with Crippen LogP contribution in [0.5, 0.6) is 0 Å². The molecular formula is C30H33F4NO3Si. The Morgan fingerprint density at radius 3 is 2.26 bits per heavy atom. The number of halogens is 4. The number of benzene rings is 2. The fraction of sp³-hybridized carbons (Fsp3) is 0.367. The van der Waals surface area contributed by atoms with Gasteiger partial charge in [-0.05, 0) is 73.4 Å². The van der Waals surface area contributed by atoms with Crippen molar-refractivity contribution in [3.63, 3.8) is 0 Å². The van der Waals surface area contributed by atoms with Crippen LogP contribution in [0, 0.1) is 12.9 Å². The van der Waals surface area contributed by atoms with Crippen molar-refractivity contribution in [1.82, 2.24) is 4.98 Å². The molecule has 2 aromatic carbocycles. The van der Waals surface area contributed by atoms with E-state index in [1.807, 2.05) is 13.1 Å². The molecule has 39 heavy (non-hydrogen) atoms. The first-order valence-electron chi connectivity index (χ1n) is 12.6. The molecule has 0 unspecified atom stereocenters. The first-order chi connectivity index (χ1) is 17.9. The number of Topliss-reactive ketones (excluding diaryl/α,β-unsaturated/α-hetero) is 2. The number of carbonyl (C=O) groups excluding carboxylic acids is 2. The average molecular weight is 560 g/mol. The van der Waals surface area contributed by atoms with Crippen molar-refractivity contribution in [2.45, 2.75) is 71.5 Å². The number of aromatic nitrogens is 1. The van der Waals surface area contributed by atoms with Crippen molar-refractivity contribution in [3.05, 3.63) is 88.4 Å². The Morgan fingerprint density at radius 2 is 1.67 bits per heavy atom. The highest BCUT2D eigenvalue weighted by atomic mass is 28.4. The summed E-state index contributed by atoms with van der Waals surface area (Å²) in [5, 5.41) is -0.118. The third-order valence-corrected chi connectivity index (χ3v) is 11.8. The van der Waals surface area contributed by atoms with Crippen LogP contribution in [-0.4, -0.2) is 31.0 Å². The standard InChI is InChI=1S/C30H33F4NO3Si/c1-18-11-12-20(16-26(36)21-9-8-10-22(17-21)30(32,33)34)15-24(18)25-14-13-23(28(31)35-25)27(37)19(2)38-39(6,7)29(3,4)5/h8-15,17,19H,16H2,1-7H3/t19-/m1/s1. The second-order valence-electron chi connectivity index (χ2n) is 11.2. The molecule has 0 spiro atoms. The first-order valence-corrected chi connectivity index (χ1v) is 15.5. The van der Waals surface area contributed by atoms with Gasteiger partial charge in [0.2, 0.25) is 5.95 Å². The second kappa shape index (κ2) is 11.1. The Morgan fingerprint density at radius 1 is 1.00 bits per heavy atom. The third-order valence-electron chi connectivity index (χ3n) is 7.22. The lowest BCUT2D eigenvalue weighted by molar-refractivity contribution is -0.137. The van der Waals surface area contributed by atoms with Crippen LogP contribution in [0.1, 0.15) is 65.1 Å². The molecule has 0 radical (unpaired) electrons. The van der Waals surface area contributed by atoms with Crippen molar-refractivity contribution in [2.75, 3.05) is 0 Å². The van der Waals surface area contributed by atoms with E-state index >= 15 is 4.39 Å². The van der Waals surface area contributed by atoms with Gasteiger partial charge >= 0.3 is 6.18 Å². The highest BCUT2D eigenvalue weighted by Crippen LogP contribution is 2.37. The minimum atomic E-state index is -4.55. The predicted molar refractivity (Wildman–Crippen MR) is 146 cm³/mol. The molecule has 0 aliphatic carbocycles. The molecule has 0 bridgehead atoms. The van der Waals surface area contributed by atoms with Gasteiger partial charge < -0.3 is 4.43 Å². The molecule has 1 aromatic heterocycles. The molecular weight excluding hydrogens is 526 g/mol. The van der Waals surface area contributed by atoms with Crippen molar-refractivity contribution >= 4 is 19.9 Å². The van der Waals surface area contributed by atoms with Gasteiger partial charge in [0.25, 0.3) is 0 Å². The molecule has 0 aliphatic rings. The summed E-state index contributed by atoms with van der Waals surface area (Å²) >= 11 is 0. The highest BCUT2D eigenvalue weighted by Gasteiger charge is 2.40. The van der Waals surface area contributed by atoms with E-state index in [1.165, 1.54) is 24.3 Å². The Labute approximate surface area is 227 Å². The molecule has 0 aliphatic heterocycles. The maximum Gasteiger partial charge on any atom is 0.416 e. The number of alkyl halides is 3. The molecule has 3 rings (SSSR count). The summed E-state index contributed by atoms with van der Waals surface area (Å²) in [6.45, 7) is 13.6. The van der Waals surface area contributed by atoms with Crippen LogP contribution in [0.3, 0.4) is 0 Å². The minimum Gasteiger partial charge on any atom is -0.407 e. The molecule has 0 saturated heterocycles. The SMILES string of the molecule is Cc1ccc(CC(=O)c2cccc(C(F)(F)F)c2)cc1-c1ccc(C(=O)[C@@H](C)O[Si](C)(C)C(C)(C)C)c(F)n1. The molecule has 9 heteroatoms. The monoisotopic (exact) mass is 559 g/mol. The fourth-order valence-electron chi connectivity index (χ4n) is 3.87. The maximum absolute atomic E-state index is 15.1. The lowest BCUT2D eigenvalue weighted by Crippen LogP contribution is -2.45. The summed E-state index contributed by atoms with van der Waals surface area (Å²) in [7, 11) is -2.26. The minimum absolute atomic E-state index is 0.0481. The summed E-state index contributed by atoms with van der Waals surface area (Å²) in [5.74, 6) is -1.90. The quantitative estimate of drug-likeness (QED) is 0.121. The van der Waals surface area contributed by atoms with E-state index in [-0.39, 0.29) is 28.3 Å². The molecule has 4 nitrogen and oxygen atoms in total. The smallest absolute Gasteiger partial charge is 0.407 e. The molecule has 1 atom stereocenters. The number of hydrogen-bond acceptors (Lipinski definition) is 4. The van der Waals surface area contributed by atoms with Gasteiger partial charge in [-0.1, -0.05) is 45.0 Å². The number of rotatable bonds is 8. The summed E-state index contributed by atoms with van der Waals surface area (Å²) in [6, 6.07) is 12.3. The predicted octanol–water partition coefficient (Wildman–Crippen LogP) is 8.23. The van der Waals surface area contributed by atoms with Gasteiger partial charge in [-0.15, -0.1) is 0 Å². The van der Waals surface area contributed by atoms with Gasteiger partial charge in [0.15, 0.2) is 19.9 Å². The van der Waals surface area contributed by atoms with Gasteiger partial charge in [-0.25, -0.2) is 4.98 Å². The zero-order chi connectivity index (χ0) is 29.3. The lowest BCUT2D eigenvalue weighted by atomic mass is 9.96. The van der Waals surface area contributed by atoms with E-state index in [4.69, 9.17) is 4.43 Å². The zero-order valence-electron chi connectivity index (χ0n) is 23.2. The van der Waals surface area contributed by atoms with Crippen LogP contribution in [0.2, 0.25) is 18.1 Å². The van der Waals surface area contributed by atoms with Crippen LogP contribution in [-0.2, 0) is 17.0 Å². The Bertz CT molecular complexity index is 1390. The van der Waals surface area contributed by atoms with Crippen LogP contribution in [0.15, 0.2) is 54.6 Å². The van der Waals surface area contributed by atoms with Gasteiger partial charge in [0.05, 0.1) is 16.8 Å². The molecule has 208 valence electrons. The maximum atomic E-state index is 15.1. The topological polar surface area (TPSA) is 56.3 Å². The number of hydrogen-bond donors (Lipinski definition) is 0. The van der Waals surface area contributed by atoms with Crippen LogP contribution < -0.4 is 0 Å². The van der Waals surface area contributed by atoms with Gasteiger partial charge in [0, 0.05) is 17.5 Å². The van der Waals surface area contributed by atoms with E-state index in [2.05, 4.69) is 25.8 Å². The van der Waals surface area contributed by atoms with E-state index in [1.54, 1.807) is 32.0 Å². The number of aryl methyl sites for hydroxylation is 1. The van der Waals surface area contributed by atoms with E-state index in [0.717, 1.165) is 17.7 Å². The Balaban J connectivity index is 1.84. The molecule has 3 aromatic rings. The Kier molecular flexibility index (Phi) is 8.67. The zero-order valence-corrected chi connectivity index (χ0v) is 24.2. The molecule has 0 saturated carbocycles. The number of ketones is 2. The summed E-state index contributed by atoms with van der Waals surface area (Å²) < 4.78 is 60.3. The molecule has 1 heterocycles. The summed E-state index contributed by atoms with van der Waals surface area (Å²) in [4.78, 5) is 29.8. The second-order valence-corrected chi connectivity index (χ2v) is 16.0. The van der Waals surface area contributed by atoms with Gasteiger partial charge in [0.1, 0.15) is 6.10 Å². The highest BCUT2D eigenvalue weighted by molar-refractivity contribution is 6.74. The lowest BCUT2D eigenvalue weighted by Gasteiger charge is -2.38.